The van der Waals surface area contributed by atoms with Crippen LogP contribution in [-0.2, 0) is 14.3 Å². The van der Waals surface area contributed by atoms with Crippen LogP contribution >= 0.6 is 0 Å². The molecule has 0 bridgehead atoms. The second-order valence-corrected chi connectivity index (χ2v) is 18.5. The molecule has 61 heavy (non-hydrogen) atoms. The van der Waals surface area contributed by atoms with Gasteiger partial charge in [-0.05, 0) is 103 Å². The largest absolute Gasteiger partial charge is 0.471 e. The zero-order valence-corrected chi connectivity index (χ0v) is 35.5. The van der Waals surface area contributed by atoms with E-state index in [1.54, 1.807) is 21.7 Å². The minimum absolute atomic E-state index is 0.0801. The van der Waals surface area contributed by atoms with E-state index in [1.807, 2.05) is 26.0 Å². The Hall–Kier alpha value is -5.35. The molecule has 0 radical (unpaired) electrons. The number of nitrogens with zero attached hydrogens (tertiary/aromatic N) is 9. The van der Waals surface area contributed by atoms with Gasteiger partial charge < -0.3 is 19.3 Å². The van der Waals surface area contributed by atoms with Crippen LogP contribution in [0.25, 0.3) is 33.3 Å². The fraction of sp³-hybridized carbons (Fsp3) is 0.578. The third-order valence-corrected chi connectivity index (χ3v) is 13.7. The molecular weight excluding hydrogens is 775 g/mol. The van der Waals surface area contributed by atoms with Crippen molar-refractivity contribution in [3.63, 3.8) is 0 Å². The van der Waals surface area contributed by atoms with Crippen molar-refractivity contribution in [2.45, 2.75) is 115 Å². The number of benzene rings is 1. The Labute approximate surface area is 355 Å². The van der Waals surface area contributed by atoms with Crippen LogP contribution in [0, 0.1) is 5.92 Å². The summed E-state index contributed by atoms with van der Waals surface area (Å²) in [6, 6.07) is 9.37. The monoisotopic (exact) mass is 831 g/mol. The highest BCUT2D eigenvalue weighted by molar-refractivity contribution is 6.00. The van der Waals surface area contributed by atoms with E-state index in [-0.39, 0.29) is 35.8 Å². The molecule has 5 aliphatic rings. The van der Waals surface area contributed by atoms with Gasteiger partial charge >= 0.3 is 5.69 Å². The first-order valence-electron chi connectivity index (χ1n) is 22.4. The Balaban J connectivity index is 0.686. The number of aromatic nitrogens is 7. The number of carbonyl (C=O) groups is 2. The van der Waals surface area contributed by atoms with Crippen LogP contribution in [0.1, 0.15) is 97.1 Å². The van der Waals surface area contributed by atoms with Crippen molar-refractivity contribution in [1.29, 1.82) is 0 Å². The van der Waals surface area contributed by atoms with Crippen LogP contribution in [0.4, 0.5) is 11.5 Å². The first kappa shape index (κ1) is 39.8. The third kappa shape index (κ3) is 8.11. The lowest BCUT2D eigenvalue weighted by atomic mass is 9.86. The number of amides is 2. The number of aromatic amines is 1. The van der Waals surface area contributed by atoms with Gasteiger partial charge in [-0.15, -0.1) is 0 Å². The molecule has 0 spiro atoms. The van der Waals surface area contributed by atoms with Gasteiger partial charge in [0.2, 0.25) is 17.7 Å². The summed E-state index contributed by atoms with van der Waals surface area (Å²) in [6.07, 6.45) is 13.2. The number of pyridine rings is 1. The number of nitrogens with one attached hydrogen (secondary N) is 2. The minimum atomic E-state index is -0.691. The summed E-state index contributed by atoms with van der Waals surface area (Å²) in [7, 11) is 0. The number of hydrogen-bond donors (Lipinski definition) is 2. The van der Waals surface area contributed by atoms with Gasteiger partial charge in [0.25, 0.3) is 0 Å². The molecule has 16 heteroatoms. The van der Waals surface area contributed by atoms with E-state index >= 15 is 0 Å². The predicted molar refractivity (Wildman–Crippen MR) is 232 cm³/mol. The second-order valence-electron chi connectivity index (χ2n) is 18.5. The van der Waals surface area contributed by atoms with Gasteiger partial charge in [-0.3, -0.25) is 34.0 Å². The zero-order valence-electron chi connectivity index (χ0n) is 35.5. The van der Waals surface area contributed by atoms with E-state index in [9.17, 15) is 14.4 Å². The van der Waals surface area contributed by atoms with E-state index in [0.29, 0.717) is 24.3 Å². The van der Waals surface area contributed by atoms with Crippen LogP contribution < -0.4 is 25.5 Å². The fourth-order valence-electron chi connectivity index (χ4n) is 9.98. The quantitative estimate of drug-likeness (QED) is 0.163. The Bertz CT molecular complexity index is 2480. The Kier molecular flexibility index (Phi) is 10.5. The molecule has 3 aliphatic heterocycles. The first-order chi connectivity index (χ1) is 29.6. The van der Waals surface area contributed by atoms with Crippen molar-refractivity contribution in [2.75, 3.05) is 55.6 Å². The topological polar surface area (TPSA) is 169 Å². The van der Waals surface area contributed by atoms with E-state index in [1.165, 1.54) is 12.8 Å². The van der Waals surface area contributed by atoms with Crippen LogP contribution in [0.3, 0.4) is 0 Å². The van der Waals surface area contributed by atoms with E-state index in [0.717, 1.165) is 129 Å². The molecule has 7 heterocycles. The van der Waals surface area contributed by atoms with Crippen LogP contribution in [0.2, 0.25) is 0 Å². The van der Waals surface area contributed by atoms with Gasteiger partial charge in [-0.1, -0.05) is 0 Å². The van der Waals surface area contributed by atoms with E-state index in [4.69, 9.17) is 9.47 Å². The molecule has 5 fully saturated rings. The SMILES string of the molecule is CC(C)n1c(=O)n(C2CCC(=O)NC2=O)c2ccc(N3CCC(OC4CCC(CN5CCN(c6cc(-c7n[nH]c8cnc(OC9(C)CC9)cc78)ncn6)CC5)CC4)CC3)cc21. The number of imide groups is 1. The summed E-state index contributed by atoms with van der Waals surface area (Å²) in [5.74, 6) is 1.55. The van der Waals surface area contributed by atoms with Crippen molar-refractivity contribution in [3.05, 3.63) is 53.3 Å². The van der Waals surface area contributed by atoms with Crippen molar-refractivity contribution >= 4 is 45.3 Å². The Morgan fingerprint density at radius 1 is 0.836 bits per heavy atom. The molecule has 322 valence electrons. The molecule has 2 N–H and O–H groups in total. The summed E-state index contributed by atoms with van der Waals surface area (Å²) >= 11 is 0. The molecule has 1 aromatic carbocycles. The molecular formula is C45H57N11O5. The maximum atomic E-state index is 13.7. The van der Waals surface area contributed by atoms with E-state index < -0.39 is 11.9 Å². The maximum Gasteiger partial charge on any atom is 0.330 e. The number of ether oxygens (including phenoxy) is 2. The number of fused-ring (bicyclic) bond motifs is 2. The molecule has 4 aromatic heterocycles. The minimum Gasteiger partial charge on any atom is -0.471 e. The first-order valence-corrected chi connectivity index (χ1v) is 22.4. The lowest BCUT2D eigenvalue weighted by Crippen LogP contribution is -2.48. The molecule has 3 saturated heterocycles. The lowest BCUT2D eigenvalue weighted by molar-refractivity contribution is -0.135. The number of rotatable bonds is 11. The number of H-pyrrole nitrogens is 1. The van der Waals surface area contributed by atoms with Gasteiger partial charge in [0, 0.05) is 81.5 Å². The summed E-state index contributed by atoms with van der Waals surface area (Å²) in [5.41, 5.74) is 4.73. The van der Waals surface area contributed by atoms with Crippen LogP contribution in [-0.4, -0.2) is 115 Å². The number of anilines is 2. The Morgan fingerprint density at radius 2 is 1.61 bits per heavy atom. The highest BCUT2D eigenvalue weighted by Gasteiger charge is 2.40. The van der Waals surface area contributed by atoms with Crippen molar-refractivity contribution in [1.82, 2.24) is 44.5 Å². The van der Waals surface area contributed by atoms with Crippen LogP contribution in [0.5, 0.6) is 5.88 Å². The predicted octanol–water partition coefficient (Wildman–Crippen LogP) is 5.39. The summed E-state index contributed by atoms with van der Waals surface area (Å²) in [5, 5.41) is 11.1. The van der Waals surface area contributed by atoms with Crippen molar-refractivity contribution in [3.8, 4) is 17.3 Å². The highest BCUT2D eigenvalue weighted by Crippen LogP contribution is 2.40. The summed E-state index contributed by atoms with van der Waals surface area (Å²) < 4.78 is 16.2. The Morgan fingerprint density at radius 3 is 2.34 bits per heavy atom. The molecule has 1 atom stereocenters. The van der Waals surface area contributed by atoms with Gasteiger partial charge in [-0.25, -0.2) is 19.7 Å². The average molecular weight is 832 g/mol. The molecule has 2 saturated carbocycles. The number of hydrogen-bond acceptors (Lipinski definition) is 12. The van der Waals surface area contributed by atoms with Gasteiger partial charge in [0.1, 0.15) is 29.5 Å². The van der Waals surface area contributed by atoms with Crippen LogP contribution in [0.15, 0.2) is 47.7 Å². The standard InChI is InChI=1S/C45H57N11O5/c1-28(2)55-38-22-30(6-9-36(38)56(44(55)59)37-10-11-40(57)49-43(37)58)53-16-12-32(13-17-53)60-31-7-4-29(5-8-31)26-52-18-20-54(21-19-52)39-24-34(47-27-48-39)42-33-23-41(61-45(3)14-15-45)46-25-35(33)50-51-42/h6,9,22-25,27-29,31-32,37H,4-5,7-8,10-21,26H2,1-3H3,(H,50,51)(H,49,57,58). The summed E-state index contributed by atoms with van der Waals surface area (Å²) in [4.78, 5) is 59.4. The maximum absolute atomic E-state index is 13.7. The van der Waals surface area contributed by atoms with Crippen molar-refractivity contribution in [2.24, 2.45) is 5.92 Å². The van der Waals surface area contributed by atoms with Gasteiger partial charge in [0.05, 0.1) is 40.6 Å². The number of piperidine rings is 2. The normalized spacial score (nSPS) is 23.9. The smallest absolute Gasteiger partial charge is 0.330 e. The van der Waals surface area contributed by atoms with Crippen molar-refractivity contribution < 1.29 is 19.1 Å². The van der Waals surface area contributed by atoms with Gasteiger partial charge in [0.15, 0.2) is 0 Å². The average Bonchev–Trinajstić information content (AvgIpc) is 3.71. The number of imidazole rings is 1. The fourth-order valence-corrected chi connectivity index (χ4v) is 9.98. The highest BCUT2D eigenvalue weighted by atomic mass is 16.5. The molecule has 16 nitrogen and oxygen atoms in total. The third-order valence-electron chi connectivity index (χ3n) is 13.7. The molecule has 2 aliphatic carbocycles. The zero-order chi connectivity index (χ0) is 41.8. The molecule has 1 unspecified atom stereocenters. The lowest BCUT2D eigenvalue weighted by Gasteiger charge is -2.39. The molecule has 5 aromatic rings. The van der Waals surface area contributed by atoms with Gasteiger partial charge in [-0.2, -0.15) is 5.10 Å². The summed E-state index contributed by atoms with van der Waals surface area (Å²) in [6.45, 7) is 12.9. The number of carbonyl (C=O) groups excluding carboxylic acids is 2. The number of piperazine rings is 1. The molecule has 10 rings (SSSR count). The second kappa shape index (κ2) is 16.2. The molecule has 2 amide bonds. The van der Waals surface area contributed by atoms with E-state index in [2.05, 4.69) is 70.3 Å².